The van der Waals surface area contributed by atoms with Crippen molar-refractivity contribution >= 4 is 7.25 Å². The Bertz CT molecular complexity index is 56.8. The molecule has 0 saturated heterocycles. The van der Waals surface area contributed by atoms with Crippen LogP contribution in [0.4, 0.5) is 17.3 Å². The molecule has 6 heteroatoms. The fourth-order valence-corrected chi connectivity index (χ4v) is 0.289. The van der Waals surface area contributed by atoms with Crippen LogP contribution in [-0.4, -0.2) is 20.8 Å². The summed E-state index contributed by atoms with van der Waals surface area (Å²) in [7, 11) is -3.91. The third-order valence-corrected chi connectivity index (χ3v) is 0.577. The molecule has 2 N–H and O–H groups in total. The van der Waals surface area contributed by atoms with E-state index in [1.807, 2.05) is 0 Å². The quantitative estimate of drug-likeness (QED) is 0.457. The van der Waals surface area contributed by atoms with Crippen LogP contribution in [0.5, 0.6) is 0 Å². The maximum atomic E-state index is 9.75. The van der Waals surface area contributed by atoms with Gasteiger partial charge in [-0.3, -0.25) is 0 Å². The van der Waals surface area contributed by atoms with Gasteiger partial charge in [-0.2, -0.15) is 0 Å². The van der Waals surface area contributed by atoms with Crippen molar-refractivity contribution in [1.29, 1.82) is 0 Å². The van der Waals surface area contributed by atoms with Crippen LogP contribution >= 0.6 is 0 Å². The molecule has 0 fully saturated rings. The Balaban J connectivity index is 0. The minimum absolute atomic E-state index is 1.26. The second kappa shape index (κ2) is 6.86. The topological polar surface area (TPSA) is 16.6 Å². The van der Waals surface area contributed by atoms with Crippen LogP contribution in [0.1, 0.15) is 13.3 Å². The van der Waals surface area contributed by atoms with Gasteiger partial charge in [0, 0.05) is 0 Å². The molecule has 0 aromatic heterocycles. The molecule has 0 atom stereocenters. The molecule has 0 aliphatic rings. The van der Waals surface area contributed by atoms with E-state index in [0.717, 1.165) is 0 Å². The highest BCUT2D eigenvalue weighted by molar-refractivity contribution is 6.50. The molecule has 64 valence electrons. The first-order chi connectivity index (χ1) is 4.41. The average Bonchev–Trinajstić information content (AvgIpc) is 1.63. The van der Waals surface area contributed by atoms with Gasteiger partial charge in [-0.25, -0.2) is 0 Å². The van der Waals surface area contributed by atoms with Crippen LogP contribution in [0.2, 0.25) is 0 Å². The third-order valence-electron chi connectivity index (χ3n) is 0.577. The van der Waals surface area contributed by atoms with E-state index in [9.17, 15) is 17.3 Å². The van der Waals surface area contributed by atoms with Gasteiger partial charge in [0.05, 0.1) is 13.6 Å². The molecule has 0 amide bonds. The lowest BCUT2D eigenvalue weighted by Crippen LogP contribution is -2.79. The van der Waals surface area contributed by atoms with Gasteiger partial charge in [0.15, 0.2) is 0 Å². The van der Waals surface area contributed by atoms with E-state index in [-0.39, 0.29) is 0 Å². The normalized spacial score (nSPS) is 10.2. The lowest BCUT2D eigenvalue weighted by atomic mass is 10.3. The van der Waals surface area contributed by atoms with Crippen molar-refractivity contribution in [2.45, 2.75) is 13.3 Å². The zero-order valence-electron chi connectivity index (χ0n) is 6.08. The van der Waals surface area contributed by atoms with Crippen LogP contribution in [0.3, 0.4) is 0 Å². The lowest BCUT2D eigenvalue weighted by molar-refractivity contribution is -0.626. The van der Waals surface area contributed by atoms with Crippen molar-refractivity contribution in [2.24, 2.45) is 0 Å². The van der Waals surface area contributed by atoms with Crippen molar-refractivity contribution in [3.63, 3.8) is 0 Å². The first kappa shape index (κ1) is 12.4. The molecule has 0 aliphatic heterocycles. The van der Waals surface area contributed by atoms with Crippen LogP contribution in [-0.2, 0) is 0 Å². The predicted molar refractivity (Wildman–Crippen MR) is 33.2 cm³/mol. The van der Waals surface area contributed by atoms with E-state index in [4.69, 9.17) is 0 Å². The lowest BCUT2D eigenvalue weighted by Gasteiger charge is -1.94. The number of hydrogen-bond donors (Lipinski definition) is 1. The smallest absolute Gasteiger partial charge is 0.418 e. The Morgan fingerprint density at radius 1 is 1.20 bits per heavy atom. The third kappa shape index (κ3) is 116. The first-order valence-electron chi connectivity index (χ1n) is 3.07. The summed E-state index contributed by atoms with van der Waals surface area (Å²) in [5.74, 6) is 0. The highest BCUT2D eigenvalue weighted by Gasteiger charge is 2.20. The summed E-state index contributed by atoms with van der Waals surface area (Å²) in [5.41, 5.74) is 0. The molecule has 1 nitrogen and oxygen atoms in total. The predicted octanol–water partition coefficient (Wildman–Crippen LogP) is 0.890. The fraction of sp³-hybridized carbons (Fsp3) is 1.00. The second-order valence-electron chi connectivity index (χ2n) is 1.69. The standard InChI is InChI=1S/C4H11N.BF4/c1-3-4-5-2;2-1(3,4)5/h5H,3-4H2,1-2H3;/q;-1/p+1. The highest BCUT2D eigenvalue weighted by Crippen LogP contribution is 2.06. The number of rotatable bonds is 2. The van der Waals surface area contributed by atoms with E-state index >= 15 is 0 Å². The number of hydrogen-bond acceptors (Lipinski definition) is 0. The van der Waals surface area contributed by atoms with Gasteiger partial charge < -0.3 is 22.6 Å². The van der Waals surface area contributed by atoms with Gasteiger partial charge in [-0.15, -0.1) is 0 Å². The summed E-state index contributed by atoms with van der Waals surface area (Å²) in [6, 6.07) is 0. The number of nitrogens with two attached hydrogens (primary N) is 1. The Hall–Kier alpha value is -0.255. The molecule has 0 aromatic rings. The van der Waals surface area contributed by atoms with Gasteiger partial charge >= 0.3 is 7.25 Å². The summed E-state index contributed by atoms with van der Waals surface area (Å²) in [4.78, 5) is 0. The largest absolute Gasteiger partial charge is 0.673 e. The van der Waals surface area contributed by atoms with E-state index in [1.165, 1.54) is 13.0 Å². The maximum Gasteiger partial charge on any atom is 0.673 e. The zero-order valence-corrected chi connectivity index (χ0v) is 6.08. The molecule has 0 saturated carbocycles. The fourth-order valence-electron chi connectivity index (χ4n) is 0.289. The second-order valence-corrected chi connectivity index (χ2v) is 1.69. The van der Waals surface area contributed by atoms with Gasteiger partial charge in [-0.05, 0) is 6.42 Å². The minimum atomic E-state index is -6.00. The summed E-state index contributed by atoms with van der Waals surface area (Å²) >= 11 is 0. The van der Waals surface area contributed by atoms with E-state index < -0.39 is 7.25 Å². The molecule has 0 unspecified atom stereocenters. The Kier molecular flexibility index (Phi) is 8.52. The molecule has 0 spiro atoms. The molecule has 0 heterocycles. The van der Waals surface area contributed by atoms with Gasteiger partial charge in [0.1, 0.15) is 0 Å². The Morgan fingerprint density at radius 3 is 1.50 bits per heavy atom. The summed E-state index contributed by atoms with van der Waals surface area (Å²) in [6.07, 6.45) is 1.29. The van der Waals surface area contributed by atoms with E-state index in [0.29, 0.717) is 0 Å². The van der Waals surface area contributed by atoms with Crippen LogP contribution in [0.25, 0.3) is 0 Å². The van der Waals surface area contributed by atoms with Gasteiger partial charge in [-0.1, -0.05) is 6.92 Å². The Labute approximate surface area is 57.9 Å². The van der Waals surface area contributed by atoms with Crippen molar-refractivity contribution in [3.8, 4) is 0 Å². The zero-order chi connectivity index (χ0) is 8.62. The molecule has 0 radical (unpaired) electrons. The van der Waals surface area contributed by atoms with Crippen molar-refractivity contribution < 1.29 is 22.6 Å². The van der Waals surface area contributed by atoms with E-state index in [1.54, 1.807) is 0 Å². The van der Waals surface area contributed by atoms with E-state index in [2.05, 4.69) is 19.3 Å². The number of halogens is 4. The van der Waals surface area contributed by atoms with Gasteiger partial charge in [0.2, 0.25) is 0 Å². The molecule has 0 aliphatic carbocycles. The SMILES string of the molecule is CCC[NH2+]C.F[B-](F)(F)F. The highest BCUT2D eigenvalue weighted by atomic mass is 19.5. The monoisotopic (exact) mass is 161 g/mol. The van der Waals surface area contributed by atoms with Crippen LogP contribution < -0.4 is 5.32 Å². The maximum absolute atomic E-state index is 9.75. The number of quaternary nitrogens is 1. The molecule has 10 heavy (non-hydrogen) atoms. The molecular weight excluding hydrogens is 149 g/mol. The molecule has 0 aromatic carbocycles. The van der Waals surface area contributed by atoms with Crippen LogP contribution in [0, 0.1) is 0 Å². The van der Waals surface area contributed by atoms with Crippen molar-refractivity contribution in [1.82, 2.24) is 0 Å². The average molecular weight is 161 g/mol. The summed E-state index contributed by atoms with van der Waals surface area (Å²) < 4.78 is 39.0. The van der Waals surface area contributed by atoms with Crippen molar-refractivity contribution in [2.75, 3.05) is 13.6 Å². The molecule has 0 rings (SSSR count). The van der Waals surface area contributed by atoms with Crippen LogP contribution in [0.15, 0.2) is 0 Å². The summed E-state index contributed by atoms with van der Waals surface area (Å²) in [6.45, 7) is 3.44. The van der Waals surface area contributed by atoms with Crippen molar-refractivity contribution in [3.05, 3.63) is 0 Å². The van der Waals surface area contributed by atoms with Gasteiger partial charge in [0.25, 0.3) is 0 Å². The summed E-state index contributed by atoms with van der Waals surface area (Å²) in [5, 5.41) is 2.18. The molecule has 0 bridgehead atoms. The molecular formula is C4H12BF4N. The Morgan fingerprint density at radius 2 is 1.50 bits per heavy atom. The minimum Gasteiger partial charge on any atom is -0.418 e. The first-order valence-corrected chi connectivity index (χ1v) is 3.07.